The predicted molar refractivity (Wildman–Crippen MR) is 64.4 cm³/mol. The van der Waals surface area contributed by atoms with Crippen LogP contribution < -0.4 is 5.73 Å². The molecule has 0 aliphatic rings. The highest BCUT2D eigenvalue weighted by Crippen LogP contribution is 2.16. The Hall–Kier alpha value is -0.0800. The van der Waals surface area contributed by atoms with Gasteiger partial charge in [0, 0.05) is 18.6 Å². The van der Waals surface area contributed by atoms with E-state index in [4.69, 9.17) is 5.73 Å². The molecular formula is C12H28N2. The van der Waals surface area contributed by atoms with Gasteiger partial charge in [0.1, 0.15) is 0 Å². The Labute approximate surface area is 89.9 Å². The molecule has 0 aliphatic carbocycles. The molecule has 2 N–H and O–H groups in total. The molecule has 3 unspecified atom stereocenters. The first-order valence-electron chi connectivity index (χ1n) is 6.00. The van der Waals surface area contributed by atoms with E-state index in [2.05, 4.69) is 39.6 Å². The molecular weight excluding hydrogens is 172 g/mol. The molecule has 0 aromatic carbocycles. The fraction of sp³-hybridized carbons (Fsp3) is 1.00. The molecule has 0 spiro atoms. The summed E-state index contributed by atoms with van der Waals surface area (Å²) in [6.07, 6.45) is 3.73. The number of hydrogen-bond acceptors (Lipinski definition) is 2. The summed E-state index contributed by atoms with van der Waals surface area (Å²) in [5.74, 6) is 0.698. The lowest BCUT2D eigenvalue weighted by Gasteiger charge is -2.36. The molecule has 0 radical (unpaired) electrons. The van der Waals surface area contributed by atoms with Crippen molar-refractivity contribution in [2.24, 2.45) is 11.7 Å². The number of hydrogen-bond donors (Lipinski definition) is 1. The maximum Gasteiger partial charge on any atom is 0.0243 e. The van der Waals surface area contributed by atoms with Crippen molar-refractivity contribution in [1.82, 2.24) is 4.90 Å². The van der Waals surface area contributed by atoms with Gasteiger partial charge in [0.15, 0.2) is 0 Å². The average Bonchev–Trinajstić information content (AvgIpc) is 2.18. The van der Waals surface area contributed by atoms with Gasteiger partial charge in [-0.3, -0.25) is 4.90 Å². The third-order valence-corrected chi connectivity index (χ3v) is 3.47. The average molecular weight is 200 g/mol. The van der Waals surface area contributed by atoms with Crippen molar-refractivity contribution in [3.8, 4) is 0 Å². The van der Waals surface area contributed by atoms with Gasteiger partial charge in [-0.1, -0.05) is 33.6 Å². The summed E-state index contributed by atoms with van der Waals surface area (Å²) >= 11 is 0. The van der Waals surface area contributed by atoms with Gasteiger partial charge >= 0.3 is 0 Å². The zero-order valence-corrected chi connectivity index (χ0v) is 10.6. The van der Waals surface area contributed by atoms with Crippen molar-refractivity contribution in [1.29, 1.82) is 0 Å². The topological polar surface area (TPSA) is 29.3 Å². The molecule has 3 atom stereocenters. The molecule has 0 fully saturated rings. The van der Waals surface area contributed by atoms with Gasteiger partial charge in [-0.2, -0.15) is 0 Å². The van der Waals surface area contributed by atoms with Gasteiger partial charge in [0.2, 0.25) is 0 Å². The van der Waals surface area contributed by atoms with E-state index in [1.165, 1.54) is 19.3 Å². The van der Waals surface area contributed by atoms with Crippen LogP contribution in [0.25, 0.3) is 0 Å². The van der Waals surface area contributed by atoms with E-state index in [-0.39, 0.29) is 0 Å². The van der Waals surface area contributed by atoms with E-state index in [1.807, 2.05) is 0 Å². The minimum Gasteiger partial charge on any atom is -0.329 e. The largest absolute Gasteiger partial charge is 0.329 e. The Morgan fingerprint density at radius 1 is 1.21 bits per heavy atom. The third kappa shape index (κ3) is 3.97. The fourth-order valence-electron chi connectivity index (χ4n) is 2.02. The third-order valence-electron chi connectivity index (χ3n) is 3.47. The Kier molecular flexibility index (Phi) is 7.20. The summed E-state index contributed by atoms with van der Waals surface area (Å²) in [5, 5.41) is 0. The van der Waals surface area contributed by atoms with Crippen LogP contribution in [0, 0.1) is 5.92 Å². The lowest BCUT2D eigenvalue weighted by molar-refractivity contribution is 0.134. The minimum absolute atomic E-state index is 0.543. The van der Waals surface area contributed by atoms with E-state index in [9.17, 15) is 0 Å². The second-order valence-electron chi connectivity index (χ2n) is 4.49. The summed E-state index contributed by atoms with van der Waals surface area (Å²) in [5.41, 5.74) is 5.84. The van der Waals surface area contributed by atoms with Crippen molar-refractivity contribution in [2.45, 2.75) is 59.0 Å². The first kappa shape index (κ1) is 13.9. The summed E-state index contributed by atoms with van der Waals surface area (Å²) in [6.45, 7) is 9.86. The molecule has 2 nitrogen and oxygen atoms in total. The normalized spacial score (nSPS) is 18.2. The maximum absolute atomic E-state index is 5.84. The molecule has 86 valence electrons. The van der Waals surface area contributed by atoms with Crippen LogP contribution in [0.3, 0.4) is 0 Å². The molecule has 2 heteroatoms. The summed E-state index contributed by atoms with van der Waals surface area (Å²) in [4.78, 5) is 2.46. The Morgan fingerprint density at radius 2 is 1.79 bits per heavy atom. The zero-order valence-electron chi connectivity index (χ0n) is 10.6. The van der Waals surface area contributed by atoms with Gasteiger partial charge in [0.05, 0.1) is 0 Å². The summed E-state index contributed by atoms with van der Waals surface area (Å²) in [6, 6.07) is 1.20. The SMILES string of the molecule is CCCC(C)N(C)C(CN)C(C)CC. The molecule has 0 heterocycles. The Morgan fingerprint density at radius 3 is 2.14 bits per heavy atom. The van der Waals surface area contributed by atoms with Crippen molar-refractivity contribution < 1.29 is 0 Å². The second-order valence-corrected chi connectivity index (χ2v) is 4.49. The quantitative estimate of drug-likeness (QED) is 0.684. The standard InChI is InChI=1S/C12H28N2/c1-6-8-11(4)14(5)12(9-13)10(3)7-2/h10-12H,6-9,13H2,1-5H3. The second kappa shape index (κ2) is 7.24. The van der Waals surface area contributed by atoms with Crippen molar-refractivity contribution in [3.05, 3.63) is 0 Å². The van der Waals surface area contributed by atoms with E-state index < -0.39 is 0 Å². The monoisotopic (exact) mass is 200 g/mol. The number of rotatable bonds is 7. The molecule has 0 amide bonds. The molecule has 14 heavy (non-hydrogen) atoms. The zero-order chi connectivity index (χ0) is 11.1. The van der Waals surface area contributed by atoms with Crippen LogP contribution in [-0.4, -0.2) is 30.6 Å². The highest BCUT2D eigenvalue weighted by atomic mass is 15.2. The fourth-order valence-corrected chi connectivity index (χ4v) is 2.02. The van der Waals surface area contributed by atoms with Crippen LogP contribution in [-0.2, 0) is 0 Å². The Balaban J connectivity index is 4.21. The molecule has 0 rings (SSSR count). The highest BCUT2D eigenvalue weighted by Gasteiger charge is 2.22. The van der Waals surface area contributed by atoms with Crippen LogP contribution in [0.15, 0.2) is 0 Å². The molecule has 0 bridgehead atoms. The molecule has 0 aromatic heterocycles. The molecule has 0 aromatic rings. The number of nitrogens with two attached hydrogens (primary N) is 1. The first-order valence-corrected chi connectivity index (χ1v) is 6.00. The van der Waals surface area contributed by atoms with E-state index in [1.54, 1.807) is 0 Å². The Bertz CT molecular complexity index is 136. The molecule has 0 saturated heterocycles. The van der Waals surface area contributed by atoms with Gasteiger partial charge in [-0.05, 0) is 26.3 Å². The van der Waals surface area contributed by atoms with Gasteiger partial charge in [-0.15, -0.1) is 0 Å². The predicted octanol–water partition coefficient (Wildman–Crippen LogP) is 2.48. The lowest BCUT2D eigenvalue weighted by atomic mass is 9.96. The summed E-state index contributed by atoms with van der Waals surface area (Å²) < 4.78 is 0. The molecule has 0 aliphatic heterocycles. The van der Waals surface area contributed by atoms with Crippen LogP contribution >= 0.6 is 0 Å². The maximum atomic E-state index is 5.84. The van der Waals surface area contributed by atoms with E-state index >= 15 is 0 Å². The van der Waals surface area contributed by atoms with Crippen LogP contribution in [0.5, 0.6) is 0 Å². The van der Waals surface area contributed by atoms with Crippen LogP contribution in [0.1, 0.15) is 47.0 Å². The van der Waals surface area contributed by atoms with Gasteiger partial charge < -0.3 is 5.73 Å². The number of nitrogens with zero attached hydrogens (tertiary/aromatic N) is 1. The van der Waals surface area contributed by atoms with Gasteiger partial charge in [0.25, 0.3) is 0 Å². The molecule has 0 saturated carbocycles. The lowest BCUT2D eigenvalue weighted by Crippen LogP contribution is -2.46. The minimum atomic E-state index is 0.543. The highest BCUT2D eigenvalue weighted by molar-refractivity contribution is 4.78. The smallest absolute Gasteiger partial charge is 0.0243 e. The summed E-state index contributed by atoms with van der Waals surface area (Å²) in [7, 11) is 2.21. The van der Waals surface area contributed by atoms with Crippen LogP contribution in [0.2, 0.25) is 0 Å². The van der Waals surface area contributed by atoms with Crippen molar-refractivity contribution in [2.75, 3.05) is 13.6 Å². The first-order chi connectivity index (χ1) is 6.58. The van der Waals surface area contributed by atoms with Crippen LogP contribution in [0.4, 0.5) is 0 Å². The number of likely N-dealkylation sites (N-methyl/N-ethyl adjacent to an activating group) is 1. The van der Waals surface area contributed by atoms with Crippen molar-refractivity contribution >= 4 is 0 Å². The van der Waals surface area contributed by atoms with Gasteiger partial charge in [-0.25, -0.2) is 0 Å². The van der Waals surface area contributed by atoms with E-state index in [0.717, 1.165) is 6.54 Å². The van der Waals surface area contributed by atoms with Crippen molar-refractivity contribution in [3.63, 3.8) is 0 Å². The van der Waals surface area contributed by atoms with E-state index in [0.29, 0.717) is 18.0 Å².